The number of benzene rings is 1. The Hall–Kier alpha value is -0.620. The standard InChI is InChI=1S/C13H18ClNO3S/c1-13(2)10-18-8-7-15(13)19(16,17)9-11-5-3-4-6-12(11)14/h3-6H,7-10H2,1-2H3. The van der Waals surface area contributed by atoms with Crippen molar-refractivity contribution in [1.82, 2.24) is 4.31 Å². The maximum atomic E-state index is 12.5. The lowest BCUT2D eigenvalue weighted by atomic mass is 10.1. The molecule has 0 aromatic heterocycles. The van der Waals surface area contributed by atoms with Gasteiger partial charge >= 0.3 is 0 Å². The largest absolute Gasteiger partial charge is 0.378 e. The van der Waals surface area contributed by atoms with Crippen molar-refractivity contribution < 1.29 is 13.2 Å². The first-order chi connectivity index (χ1) is 8.83. The molecule has 106 valence electrons. The Balaban J connectivity index is 2.26. The minimum atomic E-state index is -3.40. The van der Waals surface area contributed by atoms with Crippen LogP contribution in [0.1, 0.15) is 19.4 Å². The van der Waals surface area contributed by atoms with E-state index < -0.39 is 15.6 Å². The molecule has 1 saturated heterocycles. The number of halogens is 1. The van der Waals surface area contributed by atoms with Gasteiger partial charge in [0.05, 0.1) is 24.5 Å². The molecule has 1 aromatic carbocycles. The van der Waals surface area contributed by atoms with Crippen LogP contribution in [0.5, 0.6) is 0 Å². The van der Waals surface area contributed by atoms with Gasteiger partial charge in [-0.2, -0.15) is 4.31 Å². The van der Waals surface area contributed by atoms with Crippen LogP contribution >= 0.6 is 11.6 Å². The Morgan fingerprint density at radius 3 is 2.68 bits per heavy atom. The summed E-state index contributed by atoms with van der Waals surface area (Å²) in [5.74, 6) is -0.0733. The van der Waals surface area contributed by atoms with Gasteiger partial charge < -0.3 is 4.74 Å². The summed E-state index contributed by atoms with van der Waals surface area (Å²) in [4.78, 5) is 0. The van der Waals surface area contributed by atoms with Gasteiger partial charge in [0, 0.05) is 11.6 Å². The fourth-order valence-corrected chi connectivity index (χ4v) is 4.49. The summed E-state index contributed by atoms with van der Waals surface area (Å²) in [6, 6.07) is 7.03. The first-order valence-electron chi connectivity index (χ1n) is 6.15. The van der Waals surface area contributed by atoms with Crippen LogP contribution < -0.4 is 0 Å². The fraction of sp³-hybridized carbons (Fsp3) is 0.538. The summed E-state index contributed by atoms with van der Waals surface area (Å²) in [5, 5.41) is 0.483. The molecule has 0 radical (unpaired) electrons. The molecule has 19 heavy (non-hydrogen) atoms. The molecule has 0 spiro atoms. The second-order valence-electron chi connectivity index (χ2n) is 5.28. The number of nitrogens with zero attached hydrogens (tertiary/aromatic N) is 1. The number of hydrogen-bond acceptors (Lipinski definition) is 3. The lowest BCUT2D eigenvalue weighted by Gasteiger charge is -2.40. The Labute approximate surface area is 119 Å². The molecule has 0 amide bonds. The van der Waals surface area contributed by atoms with Gasteiger partial charge in [0.2, 0.25) is 10.0 Å². The highest BCUT2D eigenvalue weighted by Gasteiger charge is 2.38. The average molecular weight is 304 g/mol. The monoisotopic (exact) mass is 303 g/mol. The van der Waals surface area contributed by atoms with E-state index in [1.54, 1.807) is 24.3 Å². The van der Waals surface area contributed by atoms with Crippen LogP contribution in [0.4, 0.5) is 0 Å². The van der Waals surface area contributed by atoms with Gasteiger partial charge in [-0.25, -0.2) is 8.42 Å². The molecule has 6 heteroatoms. The van der Waals surface area contributed by atoms with Crippen LogP contribution in [0, 0.1) is 0 Å². The molecule has 1 fully saturated rings. The Bertz CT molecular complexity index is 557. The highest BCUT2D eigenvalue weighted by molar-refractivity contribution is 7.88. The second-order valence-corrected chi connectivity index (χ2v) is 7.59. The quantitative estimate of drug-likeness (QED) is 0.860. The van der Waals surface area contributed by atoms with E-state index in [9.17, 15) is 8.42 Å². The van der Waals surface area contributed by atoms with E-state index >= 15 is 0 Å². The second kappa shape index (κ2) is 5.40. The van der Waals surface area contributed by atoms with Gasteiger partial charge in [-0.05, 0) is 25.5 Å². The maximum Gasteiger partial charge on any atom is 0.218 e. The summed E-state index contributed by atoms with van der Waals surface area (Å²) >= 11 is 6.03. The normalized spacial score (nSPS) is 20.4. The van der Waals surface area contributed by atoms with Crippen molar-refractivity contribution >= 4 is 21.6 Å². The van der Waals surface area contributed by atoms with Crippen LogP contribution in [-0.2, 0) is 20.5 Å². The smallest absolute Gasteiger partial charge is 0.218 e. The zero-order valence-electron chi connectivity index (χ0n) is 11.1. The Morgan fingerprint density at radius 1 is 1.37 bits per heavy atom. The number of hydrogen-bond donors (Lipinski definition) is 0. The molecule has 0 unspecified atom stereocenters. The van der Waals surface area contributed by atoms with Crippen molar-refractivity contribution in [1.29, 1.82) is 0 Å². The predicted molar refractivity (Wildman–Crippen MR) is 75.7 cm³/mol. The molecule has 4 nitrogen and oxygen atoms in total. The molecule has 1 aliphatic rings. The van der Waals surface area contributed by atoms with Crippen molar-refractivity contribution in [2.45, 2.75) is 25.1 Å². The van der Waals surface area contributed by atoms with E-state index in [2.05, 4.69) is 0 Å². The van der Waals surface area contributed by atoms with E-state index in [0.717, 1.165) is 0 Å². The first-order valence-corrected chi connectivity index (χ1v) is 8.13. The van der Waals surface area contributed by atoms with Crippen molar-refractivity contribution in [2.24, 2.45) is 0 Å². The number of sulfonamides is 1. The Morgan fingerprint density at radius 2 is 2.05 bits per heavy atom. The minimum absolute atomic E-state index is 0.0733. The minimum Gasteiger partial charge on any atom is -0.378 e. The fourth-order valence-electron chi connectivity index (χ4n) is 2.25. The van der Waals surface area contributed by atoms with Crippen LogP contribution in [0.2, 0.25) is 5.02 Å². The third-order valence-electron chi connectivity index (χ3n) is 3.20. The lowest BCUT2D eigenvalue weighted by molar-refractivity contribution is -0.00777. The highest BCUT2D eigenvalue weighted by atomic mass is 35.5. The Kier molecular flexibility index (Phi) is 4.20. The molecule has 1 aromatic rings. The molecular weight excluding hydrogens is 286 g/mol. The molecule has 1 heterocycles. The summed E-state index contributed by atoms with van der Waals surface area (Å²) in [6.07, 6.45) is 0. The maximum absolute atomic E-state index is 12.5. The van der Waals surface area contributed by atoms with Gasteiger partial charge in [-0.1, -0.05) is 29.8 Å². The third kappa shape index (κ3) is 3.28. The molecule has 0 atom stereocenters. The lowest BCUT2D eigenvalue weighted by Crippen LogP contribution is -2.55. The molecule has 2 rings (SSSR count). The van der Waals surface area contributed by atoms with Gasteiger partial charge in [0.1, 0.15) is 0 Å². The predicted octanol–water partition coefficient (Wildman–Crippen LogP) is 2.28. The molecule has 0 aliphatic carbocycles. The first kappa shape index (κ1) is 14.8. The van der Waals surface area contributed by atoms with E-state index in [1.807, 2.05) is 13.8 Å². The summed E-state index contributed by atoms with van der Waals surface area (Å²) in [7, 11) is -3.40. The van der Waals surface area contributed by atoms with Gasteiger partial charge in [0.15, 0.2) is 0 Å². The van der Waals surface area contributed by atoms with Crippen molar-refractivity contribution in [3.8, 4) is 0 Å². The summed E-state index contributed by atoms with van der Waals surface area (Å²) in [6.45, 7) is 4.98. The number of rotatable bonds is 3. The van der Waals surface area contributed by atoms with E-state index in [4.69, 9.17) is 16.3 Å². The van der Waals surface area contributed by atoms with Crippen molar-refractivity contribution in [2.75, 3.05) is 19.8 Å². The molecule has 0 N–H and O–H groups in total. The topological polar surface area (TPSA) is 46.6 Å². The van der Waals surface area contributed by atoms with Crippen LogP contribution in [0.15, 0.2) is 24.3 Å². The SMILES string of the molecule is CC1(C)COCCN1S(=O)(=O)Cc1ccccc1Cl. The van der Waals surface area contributed by atoms with E-state index in [0.29, 0.717) is 30.3 Å². The van der Waals surface area contributed by atoms with Crippen LogP contribution in [0.25, 0.3) is 0 Å². The molecular formula is C13H18ClNO3S. The number of morpholine rings is 1. The van der Waals surface area contributed by atoms with Gasteiger partial charge in [0.25, 0.3) is 0 Å². The third-order valence-corrected chi connectivity index (χ3v) is 5.59. The number of ether oxygens (including phenoxy) is 1. The van der Waals surface area contributed by atoms with E-state index in [-0.39, 0.29) is 5.75 Å². The zero-order chi connectivity index (χ0) is 14.1. The van der Waals surface area contributed by atoms with Crippen molar-refractivity contribution in [3.05, 3.63) is 34.9 Å². The van der Waals surface area contributed by atoms with Crippen molar-refractivity contribution in [3.63, 3.8) is 0 Å². The summed E-state index contributed by atoms with van der Waals surface area (Å²) in [5.41, 5.74) is 0.115. The summed E-state index contributed by atoms with van der Waals surface area (Å²) < 4.78 is 31.9. The average Bonchev–Trinajstić information content (AvgIpc) is 2.31. The molecule has 0 saturated carbocycles. The highest BCUT2D eigenvalue weighted by Crippen LogP contribution is 2.26. The van der Waals surface area contributed by atoms with Crippen LogP contribution in [-0.4, -0.2) is 38.0 Å². The van der Waals surface area contributed by atoms with Gasteiger partial charge in [-0.3, -0.25) is 0 Å². The van der Waals surface area contributed by atoms with E-state index in [1.165, 1.54) is 4.31 Å². The van der Waals surface area contributed by atoms with Gasteiger partial charge in [-0.15, -0.1) is 0 Å². The molecule has 0 bridgehead atoms. The van der Waals surface area contributed by atoms with Crippen LogP contribution in [0.3, 0.4) is 0 Å². The molecule has 1 aliphatic heterocycles. The zero-order valence-corrected chi connectivity index (χ0v) is 12.7.